The Morgan fingerprint density at radius 3 is 2.56 bits per heavy atom. The first-order valence-electron chi connectivity index (χ1n) is 13.2. The normalized spacial score (nSPS) is 18.5. The number of hydrogen-bond acceptors (Lipinski definition) is 6. The van der Waals surface area contributed by atoms with Gasteiger partial charge in [0, 0.05) is 55.0 Å². The van der Waals surface area contributed by atoms with Crippen LogP contribution in [0.25, 0.3) is 0 Å². The maximum Gasteiger partial charge on any atom is 0.228 e. The molecule has 2 N–H and O–H groups in total. The van der Waals surface area contributed by atoms with E-state index in [0.29, 0.717) is 11.9 Å². The molecule has 36 heavy (non-hydrogen) atoms. The zero-order valence-corrected chi connectivity index (χ0v) is 21.5. The highest BCUT2D eigenvalue weighted by Crippen LogP contribution is 2.37. The minimum absolute atomic E-state index is 0.0456. The van der Waals surface area contributed by atoms with Gasteiger partial charge in [0.15, 0.2) is 11.6 Å². The van der Waals surface area contributed by atoms with Crippen LogP contribution in [-0.4, -0.2) is 41.9 Å². The van der Waals surface area contributed by atoms with Crippen LogP contribution >= 0.6 is 0 Å². The van der Waals surface area contributed by atoms with E-state index in [-0.39, 0.29) is 17.2 Å². The van der Waals surface area contributed by atoms with Crippen LogP contribution < -0.4 is 10.6 Å². The van der Waals surface area contributed by atoms with Gasteiger partial charge in [0.25, 0.3) is 0 Å². The minimum Gasteiger partial charge on any atom is -0.322 e. The first kappa shape index (κ1) is 23.2. The van der Waals surface area contributed by atoms with Gasteiger partial charge in [0.2, 0.25) is 5.91 Å². The van der Waals surface area contributed by atoms with Gasteiger partial charge in [0.05, 0.1) is 18.3 Å². The second kappa shape index (κ2) is 9.03. The quantitative estimate of drug-likeness (QED) is 0.505. The average molecular weight is 489 g/mol. The smallest absolute Gasteiger partial charge is 0.228 e. The van der Waals surface area contributed by atoms with Crippen molar-refractivity contribution in [3.8, 4) is 0 Å². The molecule has 0 bridgehead atoms. The SMILES string of the molecule is CC(C)(C)c1cc(Nc2cc3n(n2)CCN(Cc2ccnc(NC(=O)C4CC4)c2)C3)nn1C1CCC1. The van der Waals surface area contributed by atoms with Gasteiger partial charge in [-0.3, -0.25) is 19.1 Å². The number of carbonyl (C=O) groups is 1. The highest BCUT2D eigenvalue weighted by atomic mass is 16.2. The molecule has 190 valence electrons. The van der Waals surface area contributed by atoms with Crippen molar-refractivity contribution in [3.05, 3.63) is 47.4 Å². The van der Waals surface area contributed by atoms with Crippen LogP contribution in [0, 0.1) is 5.92 Å². The predicted molar refractivity (Wildman–Crippen MR) is 139 cm³/mol. The fourth-order valence-electron chi connectivity index (χ4n) is 5.05. The van der Waals surface area contributed by atoms with Crippen molar-refractivity contribution in [2.75, 3.05) is 17.2 Å². The summed E-state index contributed by atoms with van der Waals surface area (Å²) in [5.41, 5.74) is 3.66. The van der Waals surface area contributed by atoms with E-state index in [1.165, 1.54) is 30.7 Å². The Balaban J connectivity index is 1.12. The van der Waals surface area contributed by atoms with E-state index in [4.69, 9.17) is 10.2 Å². The van der Waals surface area contributed by atoms with Crippen LogP contribution in [0.1, 0.15) is 75.9 Å². The molecule has 9 nitrogen and oxygen atoms in total. The molecule has 4 heterocycles. The third kappa shape index (κ3) is 4.89. The molecule has 3 aromatic rings. The summed E-state index contributed by atoms with van der Waals surface area (Å²) in [7, 11) is 0. The summed E-state index contributed by atoms with van der Waals surface area (Å²) in [5, 5.41) is 16.2. The Morgan fingerprint density at radius 2 is 1.83 bits per heavy atom. The zero-order valence-electron chi connectivity index (χ0n) is 21.5. The Bertz CT molecular complexity index is 1260. The Kier molecular flexibility index (Phi) is 5.82. The van der Waals surface area contributed by atoms with Crippen LogP contribution in [0.2, 0.25) is 0 Å². The van der Waals surface area contributed by atoms with Crippen molar-refractivity contribution in [1.82, 2.24) is 29.4 Å². The number of fused-ring (bicyclic) bond motifs is 1. The first-order valence-corrected chi connectivity index (χ1v) is 13.2. The number of rotatable bonds is 7. The molecule has 2 saturated carbocycles. The maximum atomic E-state index is 12.1. The lowest BCUT2D eigenvalue weighted by molar-refractivity contribution is -0.117. The molecule has 2 aliphatic carbocycles. The largest absolute Gasteiger partial charge is 0.322 e. The van der Waals surface area contributed by atoms with E-state index in [1.807, 2.05) is 12.1 Å². The number of pyridine rings is 1. The molecule has 0 spiro atoms. The second-order valence-corrected chi connectivity index (χ2v) is 11.6. The van der Waals surface area contributed by atoms with Crippen molar-refractivity contribution < 1.29 is 4.79 Å². The van der Waals surface area contributed by atoms with Crippen molar-refractivity contribution in [2.24, 2.45) is 5.92 Å². The third-order valence-electron chi connectivity index (χ3n) is 7.49. The number of nitrogens with zero attached hydrogens (tertiary/aromatic N) is 6. The summed E-state index contributed by atoms with van der Waals surface area (Å²) in [5.74, 6) is 2.63. The summed E-state index contributed by atoms with van der Waals surface area (Å²) in [6, 6.07) is 8.86. The van der Waals surface area contributed by atoms with Gasteiger partial charge in [0.1, 0.15) is 5.82 Å². The van der Waals surface area contributed by atoms with Crippen molar-refractivity contribution in [2.45, 2.75) is 84.0 Å². The van der Waals surface area contributed by atoms with Crippen LogP contribution in [0.5, 0.6) is 0 Å². The van der Waals surface area contributed by atoms with Crippen LogP contribution in [-0.2, 0) is 29.8 Å². The van der Waals surface area contributed by atoms with Gasteiger partial charge in [-0.2, -0.15) is 10.2 Å². The van der Waals surface area contributed by atoms with Gasteiger partial charge in [-0.25, -0.2) is 4.98 Å². The Morgan fingerprint density at radius 1 is 1.03 bits per heavy atom. The van der Waals surface area contributed by atoms with E-state index in [1.54, 1.807) is 6.20 Å². The average Bonchev–Trinajstić information content (AvgIpc) is 3.44. The molecule has 3 aromatic heterocycles. The van der Waals surface area contributed by atoms with E-state index in [9.17, 15) is 4.79 Å². The number of hydrogen-bond donors (Lipinski definition) is 2. The molecule has 0 unspecified atom stereocenters. The molecular formula is C27H36N8O. The molecule has 1 aliphatic heterocycles. The van der Waals surface area contributed by atoms with Gasteiger partial charge in [-0.15, -0.1) is 0 Å². The molecule has 2 fully saturated rings. The van der Waals surface area contributed by atoms with Gasteiger partial charge in [-0.1, -0.05) is 20.8 Å². The molecule has 0 atom stereocenters. The van der Waals surface area contributed by atoms with Crippen molar-refractivity contribution in [1.29, 1.82) is 0 Å². The third-order valence-corrected chi connectivity index (χ3v) is 7.49. The van der Waals surface area contributed by atoms with Gasteiger partial charge in [-0.05, 0) is 49.8 Å². The first-order chi connectivity index (χ1) is 17.3. The standard InChI is InChI=1S/C27H36N8O/c1-27(2,3)22-15-25(32-35(22)20-5-4-6-20)29-24-14-21-17-33(11-12-34(21)31-24)16-18-9-10-28-23(13-18)30-26(36)19-7-8-19/h9-10,13-15,19-20H,4-8,11-12,16-17H2,1-3H3,(H,28,30,36)(H,29,31,32). The summed E-state index contributed by atoms with van der Waals surface area (Å²) in [6.45, 7) is 10.1. The van der Waals surface area contributed by atoms with E-state index >= 15 is 0 Å². The summed E-state index contributed by atoms with van der Waals surface area (Å²) < 4.78 is 4.33. The van der Waals surface area contributed by atoms with Gasteiger partial charge < -0.3 is 10.6 Å². The van der Waals surface area contributed by atoms with E-state index < -0.39 is 0 Å². The highest BCUT2D eigenvalue weighted by molar-refractivity contribution is 5.93. The van der Waals surface area contributed by atoms with E-state index in [2.05, 4.69) is 62.8 Å². The molecule has 1 amide bonds. The maximum absolute atomic E-state index is 12.1. The lowest BCUT2D eigenvalue weighted by Crippen LogP contribution is -2.33. The lowest BCUT2D eigenvalue weighted by atomic mass is 9.88. The van der Waals surface area contributed by atoms with Crippen LogP contribution in [0.15, 0.2) is 30.5 Å². The van der Waals surface area contributed by atoms with Crippen LogP contribution in [0.3, 0.4) is 0 Å². The molecular weight excluding hydrogens is 452 g/mol. The topological polar surface area (TPSA) is 92.9 Å². The second-order valence-electron chi connectivity index (χ2n) is 11.6. The Hall–Kier alpha value is -3.20. The van der Waals surface area contributed by atoms with Crippen LogP contribution in [0.4, 0.5) is 17.5 Å². The number of amides is 1. The highest BCUT2D eigenvalue weighted by Gasteiger charge is 2.30. The van der Waals surface area contributed by atoms with E-state index in [0.717, 1.165) is 56.2 Å². The minimum atomic E-state index is 0.0456. The molecule has 0 saturated heterocycles. The Labute approximate surface area is 212 Å². The fourth-order valence-corrected chi connectivity index (χ4v) is 5.05. The molecule has 0 radical (unpaired) electrons. The van der Waals surface area contributed by atoms with Crippen molar-refractivity contribution in [3.63, 3.8) is 0 Å². The molecule has 9 heteroatoms. The number of carbonyl (C=O) groups excluding carboxylic acids is 1. The molecule has 0 aromatic carbocycles. The number of aromatic nitrogens is 5. The number of nitrogens with one attached hydrogen (secondary N) is 2. The molecule has 6 rings (SSSR count). The monoisotopic (exact) mass is 488 g/mol. The predicted octanol–water partition coefficient (Wildman–Crippen LogP) is 4.61. The summed E-state index contributed by atoms with van der Waals surface area (Å²) in [4.78, 5) is 18.8. The molecule has 3 aliphatic rings. The lowest BCUT2D eigenvalue weighted by Gasteiger charge is -2.31. The van der Waals surface area contributed by atoms with Crippen molar-refractivity contribution >= 4 is 23.4 Å². The summed E-state index contributed by atoms with van der Waals surface area (Å²) >= 11 is 0. The number of anilines is 3. The summed E-state index contributed by atoms with van der Waals surface area (Å²) in [6.07, 6.45) is 7.48. The fraction of sp³-hybridized carbons (Fsp3) is 0.556. The van der Waals surface area contributed by atoms with Gasteiger partial charge >= 0.3 is 0 Å². The zero-order chi connectivity index (χ0) is 24.9.